The molecule has 1 rings (SSSR count). The van der Waals surface area contributed by atoms with Gasteiger partial charge in [-0.2, -0.15) is 11.8 Å². The number of nitrogens with one attached hydrogen (secondary N) is 1. The van der Waals surface area contributed by atoms with E-state index in [4.69, 9.17) is 5.11 Å². The molecule has 3 nitrogen and oxygen atoms in total. The molecule has 2 N–H and O–H groups in total. The van der Waals surface area contributed by atoms with Crippen LogP contribution in [0.3, 0.4) is 0 Å². The molecule has 0 bridgehead atoms. The summed E-state index contributed by atoms with van der Waals surface area (Å²) in [5.74, 6) is 2.47. The highest BCUT2D eigenvalue weighted by Gasteiger charge is 2.25. The SMILES string of the molecule is CCSCCCNCC1CCC(C(=O)O)CC1. The third-order valence-electron chi connectivity index (χ3n) is 3.48. The third-order valence-corrected chi connectivity index (χ3v) is 4.46. The zero-order valence-corrected chi connectivity index (χ0v) is 11.6. The van der Waals surface area contributed by atoms with Crippen molar-refractivity contribution in [2.24, 2.45) is 11.8 Å². The highest BCUT2D eigenvalue weighted by molar-refractivity contribution is 7.99. The number of thioether (sulfide) groups is 1. The Morgan fingerprint density at radius 1 is 1.35 bits per heavy atom. The average molecular weight is 259 g/mol. The van der Waals surface area contributed by atoms with E-state index in [2.05, 4.69) is 12.2 Å². The standard InChI is InChI=1S/C13H25NO2S/c1-2-17-9-3-8-14-10-11-4-6-12(7-5-11)13(15)16/h11-12,14H,2-10H2,1H3,(H,15,16). The molecular formula is C13H25NO2S. The molecule has 0 atom stereocenters. The van der Waals surface area contributed by atoms with Crippen LogP contribution in [0, 0.1) is 11.8 Å². The van der Waals surface area contributed by atoms with Crippen LogP contribution in [0.15, 0.2) is 0 Å². The summed E-state index contributed by atoms with van der Waals surface area (Å²) >= 11 is 1.99. The molecule has 4 heteroatoms. The van der Waals surface area contributed by atoms with Crippen molar-refractivity contribution in [3.8, 4) is 0 Å². The van der Waals surface area contributed by atoms with Crippen LogP contribution in [0.4, 0.5) is 0 Å². The molecule has 0 aromatic rings. The Bertz CT molecular complexity index is 215. The van der Waals surface area contributed by atoms with Crippen LogP contribution < -0.4 is 5.32 Å². The van der Waals surface area contributed by atoms with Crippen LogP contribution in [-0.2, 0) is 4.79 Å². The molecule has 1 fully saturated rings. The first-order valence-corrected chi connectivity index (χ1v) is 7.90. The first kappa shape index (κ1) is 14.8. The van der Waals surface area contributed by atoms with Crippen LogP contribution in [0.1, 0.15) is 39.0 Å². The van der Waals surface area contributed by atoms with E-state index in [1.165, 1.54) is 17.9 Å². The van der Waals surface area contributed by atoms with Gasteiger partial charge in [-0.25, -0.2) is 0 Å². The van der Waals surface area contributed by atoms with Crippen LogP contribution in [0.2, 0.25) is 0 Å². The van der Waals surface area contributed by atoms with Crippen molar-refractivity contribution in [1.29, 1.82) is 0 Å². The van der Waals surface area contributed by atoms with Crippen molar-refractivity contribution < 1.29 is 9.90 Å². The minimum Gasteiger partial charge on any atom is -0.481 e. The molecule has 1 saturated carbocycles. The van der Waals surface area contributed by atoms with E-state index in [9.17, 15) is 4.79 Å². The van der Waals surface area contributed by atoms with E-state index in [1.807, 2.05) is 11.8 Å². The summed E-state index contributed by atoms with van der Waals surface area (Å²) < 4.78 is 0. The van der Waals surface area contributed by atoms with Gasteiger partial charge < -0.3 is 10.4 Å². The third kappa shape index (κ3) is 6.32. The fourth-order valence-electron chi connectivity index (χ4n) is 2.36. The van der Waals surface area contributed by atoms with Gasteiger partial charge in [0.25, 0.3) is 0 Å². The minimum atomic E-state index is -0.604. The highest BCUT2D eigenvalue weighted by Crippen LogP contribution is 2.28. The van der Waals surface area contributed by atoms with Gasteiger partial charge in [-0.05, 0) is 62.6 Å². The molecule has 0 aromatic carbocycles. The van der Waals surface area contributed by atoms with Crippen molar-refractivity contribution in [1.82, 2.24) is 5.32 Å². The summed E-state index contributed by atoms with van der Waals surface area (Å²) in [6.45, 7) is 4.37. The van der Waals surface area contributed by atoms with Crippen LogP contribution in [-0.4, -0.2) is 35.7 Å². The second-order valence-electron chi connectivity index (χ2n) is 4.81. The molecule has 0 saturated heterocycles. The van der Waals surface area contributed by atoms with Crippen LogP contribution >= 0.6 is 11.8 Å². The molecule has 0 spiro atoms. The van der Waals surface area contributed by atoms with E-state index < -0.39 is 5.97 Å². The van der Waals surface area contributed by atoms with E-state index in [0.29, 0.717) is 5.92 Å². The summed E-state index contributed by atoms with van der Waals surface area (Å²) in [5.41, 5.74) is 0. The van der Waals surface area contributed by atoms with Gasteiger partial charge >= 0.3 is 5.97 Å². The Kier molecular flexibility index (Phi) is 7.69. The smallest absolute Gasteiger partial charge is 0.306 e. The second kappa shape index (κ2) is 8.81. The van der Waals surface area contributed by atoms with Gasteiger partial charge in [0.1, 0.15) is 0 Å². The molecule has 0 heterocycles. The van der Waals surface area contributed by atoms with E-state index in [-0.39, 0.29) is 5.92 Å². The predicted molar refractivity (Wildman–Crippen MR) is 73.6 cm³/mol. The molecule has 17 heavy (non-hydrogen) atoms. The normalized spacial score (nSPS) is 24.8. The van der Waals surface area contributed by atoms with Gasteiger partial charge in [-0.3, -0.25) is 4.79 Å². The molecule has 100 valence electrons. The zero-order chi connectivity index (χ0) is 12.5. The van der Waals surface area contributed by atoms with Crippen molar-refractivity contribution in [3.05, 3.63) is 0 Å². The Labute approximate surface area is 109 Å². The van der Waals surface area contributed by atoms with Gasteiger partial charge in [0.15, 0.2) is 0 Å². The van der Waals surface area contributed by atoms with Crippen molar-refractivity contribution >= 4 is 17.7 Å². The van der Waals surface area contributed by atoms with Crippen molar-refractivity contribution in [2.45, 2.75) is 39.0 Å². The lowest BCUT2D eigenvalue weighted by Crippen LogP contribution is -2.29. The average Bonchev–Trinajstić information content (AvgIpc) is 2.34. The fraction of sp³-hybridized carbons (Fsp3) is 0.923. The first-order chi connectivity index (χ1) is 8.24. The summed E-state index contributed by atoms with van der Waals surface area (Å²) in [5, 5.41) is 12.4. The Morgan fingerprint density at radius 2 is 2.06 bits per heavy atom. The largest absolute Gasteiger partial charge is 0.481 e. The summed E-state index contributed by atoms with van der Waals surface area (Å²) in [7, 11) is 0. The topological polar surface area (TPSA) is 49.3 Å². The first-order valence-electron chi connectivity index (χ1n) is 6.75. The molecular weight excluding hydrogens is 234 g/mol. The quantitative estimate of drug-likeness (QED) is 0.658. The van der Waals surface area contributed by atoms with E-state index in [1.54, 1.807) is 0 Å². The molecule has 0 aromatic heterocycles. The van der Waals surface area contributed by atoms with Crippen LogP contribution in [0.25, 0.3) is 0 Å². The minimum absolute atomic E-state index is 0.0767. The molecule has 0 amide bonds. The maximum atomic E-state index is 10.8. The van der Waals surface area contributed by atoms with Gasteiger partial charge in [0.05, 0.1) is 5.92 Å². The Morgan fingerprint density at radius 3 is 2.65 bits per heavy atom. The fourth-order valence-corrected chi connectivity index (χ4v) is 3.00. The summed E-state index contributed by atoms with van der Waals surface area (Å²) in [6, 6.07) is 0. The van der Waals surface area contributed by atoms with Crippen LogP contribution in [0.5, 0.6) is 0 Å². The lowest BCUT2D eigenvalue weighted by Gasteiger charge is -2.26. The highest BCUT2D eigenvalue weighted by atomic mass is 32.2. The monoisotopic (exact) mass is 259 g/mol. The van der Waals surface area contributed by atoms with E-state index in [0.717, 1.165) is 38.8 Å². The molecule has 0 radical (unpaired) electrons. The molecule has 0 aliphatic heterocycles. The predicted octanol–water partition coefficient (Wildman–Crippen LogP) is 2.61. The van der Waals surface area contributed by atoms with Gasteiger partial charge in [-0.15, -0.1) is 0 Å². The summed E-state index contributed by atoms with van der Waals surface area (Å²) in [6.07, 6.45) is 5.13. The Hall–Kier alpha value is -0.220. The molecule has 1 aliphatic carbocycles. The summed E-state index contributed by atoms with van der Waals surface area (Å²) in [4.78, 5) is 10.8. The maximum absolute atomic E-state index is 10.8. The zero-order valence-electron chi connectivity index (χ0n) is 10.8. The number of hydrogen-bond donors (Lipinski definition) is 2. The second-order valence-corrected chi connectivity index (χ2v) is 6.20. The number of aliphatic carboxylic acids is 1. The Balaban J connectivity index is 1.97. The molecule has 1 aliphatic rings. The van der Waals surface area contributed by atoms with Gasteiger partial charge in [0, 0.05) is 0 Å². The van der Waals surface area contributed by atoms with Crippen molar-refractivity contribution in [2.75, 3.05) is 24.6 Å². The number of carbonyl (C=O) groups is 1. The maximum Gasteiger partial charge on any atom is 0.306 e. The number of rotatable bonds is 8. The molecule has 0 unspecified atom stereocenters. The van der Waals surface area contributed by atoms with Gasteiger partial charge in [0.2, 0.25) is 0 Å². The van der Waals surface area contributed by atoms with Crippen molar-refractivity contribution in [3.63, 3.8) is 0 Å². The number of carboxylic acids is 1. The number of hydrogen-bond acceptors (Lipinski definition) is 3. The van der Waals surface area contributed by atoms with Gasteiger partial charge in [-0.1, -0.05) is 6.92 Å². The number of carboxylic acid groups (broad SMARTS) is 1. The lowest BCUT2D eigenvalue weighted by molar-refractivity contribution is -0.143. The lowest BCUT2D eigenvalue weighted by atomic mass is 9.82. The van der Waals surface area contributed by atoms with E-state index >= 15 is 0 Å².